The first kappa shape index (κ1) is 24.1. The average molecular weight is 477 g/mol. The first-order valence-corrected chi connectivity index (χ1v) is 11.3. The van der Waals surface area contributed by atoms with Crippen molar-refractivity contribution in [2.45, 2.75) is 4.90 Å². The van der Waals surface area contributed by atoms with E-state index in [1.54, 1.807) is 60.7 Å². The predicted molar refractivity (Wildman–Crippen MR) is 122 cm³/mol. The zero-order valence-corrected chi connectivity index (χ0v) is 20.5. The zero-order chi connectivity index (χ0) is 22.0. The van der Waals surface area contributed by atoms with Gasteiger partial charge in [-0.3, -0.25) is 9.35 Å². The van der Waals surface area contributed by atoms with Gasteiger partial charge < -0.3 is 12.5 Å². The number of nitrogens with zero attached hydrogens (tertiary/aromatic N) is 2. The zero-order valence-electron chi connectivity index (χ0n) is 17.9. The van der Waals surface area contributed by atoms with Crippen LogP contribution in [0.1, 0.15) is 11.1 Å². The molecule has 8 nitrogen and oxygen atoms in total. The normalized spacial score (nSPS) is 11.4. The van der Waals surface area contributed by atoms with E-state index in [0.717, 1.165) is 0 Å². The fourth-order valence-electron chi connectivity index (χ4n) is 2.97. The Balaban J connectivity index is 0.00000193. The standard InChI is InChI=1S/C21H16N4O4S2.Na.H/c22-20-16-5-2-1-4-15(16)19(31(27,28)29)12-17(20)25-24-14-9-7-13(8-10-14)23-21(26)18-6-3-11-30-18;;/h1-12H,22H2,(H,23,26)(H,27,28,29);;/q;+1;-1. The number of carbonyl (C=O) groups is 1. The minimum Gasteiger partial charge on any atom is -1.00 e. The van der Waals surface area contributed by atoms with Gasteiger partial charge in [-0.25, -0.2) is 0 Å². The van der Waals surface area contributed by atoms with Crippen molar-refractivity contribution in [3.63, 3.8) is 0 Å². The van der Waals surface area contributed by atoms with Crippen molar-refractivity contribution >= 4 is 60.9 Å². The van der Waals surface area contributed by atoms with Crippen molar-refractivity contribution in [1.29, 1.82) is 0 Å². The maximum atomic E-state index is 12.1. The van der Waals surface area contributed by atoms with Crippen LogP contribution in [0.15, 0.2) is 87.2 Å². The number of anilines is 2. The Morgan fingerprint density at radius 3 is 2.31 bits per heavy atom. The fourth-order valence-corrected chi connectivity index (χ4v) is 4.31. The number of carbonyl (C=O) groups excluding carboxylic acids is 1. The van der Waals surface area contributed by atoms with Crippen molar-refractivity contribution in [2.24, 2.45) is 10.2 Å². The molecule has 4 aromatic rings. The molecule has 0 fully saturated rings. The van der Waals surface area contributed by atoms with Gasteiger partial charge in [0.2, 0.25) is 0 Å². The summed E-state index contributed by atoms with van der Waals surface area (Å²) in [6, 6.07) is 17.9. The van der Waals surface area contributed by atoms with Crippen molar-refractivity contribution < 1.29 is 48.7 Å². The fraction of sp³-hybridized carbons (Fsp3) is 0. The Kier molecular flexibility index (Phi) is 7.44. The minimum atomic E-state index is -4.48. The summed E-state index contributed by atoms with van der Waals surface area (Å²) in [5.74, 6) is -0.203. The summed E-state index contributed by atoms with van der Waals surface area (Å²) < 4.78 is 33.2. The molecule has 0 atom stereocenters. The number of azo groups is 1. The molecule has 158 valence electrons. The second-order valence-corrected chi connectivity index (χ2v) is 8.84. The van der Waals surface area contributed by atoms with Crippen LogP contribution in [0.3, 0.4) is 0 Å². The summed E-state index contributed by atoms with van der Waals surface area (Å²) in [5.41, 5.74) is 7.56. The molecule has 1 aromatic heterocycles. The third-order valence-corrected chi connectivity index (χ3v) is 6.21. The average Bonchev–Trinajstić information content (AvgIpc) is 3.29. The number of benzene rings is 3. The number of nitrogens with two attached hydrogens (primary N) is 1. The van der Waals surface area contributed by atoms with Crippen LogP contribution in [-0.2, 0) is 10.1 Å². The van der Waals surface area contributed by atoms with Gasteiger partial charge in [-0.2, -0.15) is 13.5 Å². The molecule has 0 saturated carbocycles. The number of rotatable bonds is 5. The Hall–Kier alpha value is -2.60. The molecule has 0 radical (unpaired) electrons. The summed E-state index contributed by atoms with van der Waals surface area (Å²) in [5, 5.41) is 13.5. The molecule has 4 rings (SSSR count). The topological polar surface area (TPSA) is 134 Å². The molecular weight excluding hydrogens is 459 g/mol. The van der Waals surface area contributed by atoms with Gasteiger partial charge in [-0.15, -0.1) is 16.5 Å². The summed E-state index contributed by atoms with van der Waals surface area (Å²) in [6.45, 7) is 0. The quantitative estimate of drug-likeness (QED) is 0.176. The molecule has 0 aliphatic heterocycles. The number of nitrogen functional groups attached to an aromatic ring is 1. The Bertz CT molecular complexity index is 1410. The molecule has 1 amide bonds. The van der Waals surface area contributed by atoms with E-state index in [4.69, 9.17) is 5.73 Å². The second kappa shape index (κ2) is 9.90. The van der Waals surface area contributed by atoms with E-state index in [0.29, 0.717) is 27.0 Å². The van der Waals surface area contributed by atoms with E-state index in [1.807, 2.05) is 5.38 Å². The molecule has 1 heterocycles. The molecule has 0 saturated heterocycles. The van der Waals surface area contributed by atoms with Crippen LogP contribution in [0.4, 0.5) is 22.7 Å². The van der Waals surface area contributed by atoms with Crippen LogP contribution in [0.25, 0.3) is 10.8 Å². The number of hydrogen-bond acceptors (Lipinski definition) is 7. The van der Waals surface area contributed by atoms with E-state index in [2.05, 4.69) is 15.5 Å². The third kappa shape index (κ3) is 5.23. The third-order valence-electron chi connectivity index (χ3n) is 4.45. The smallest absolute Gasteiger partial charge is 1.00 e. The molecule has 0 aliphatic carbocycles. The SMILES string of the molecule is Nc1c(N=Nc2ccc(NC(=O)c3cccs3)cc2)cc(S(=O)(=O)O)c2ccccc12.[H-].[Na+]. The van der Waals surface area contributed by atoms with Gasteiger partial charge in [0.05, 0.1) is 16.3 Å². The van der Waals surface area contributed by atoms with Crippen LogP contribution in [0.2, 0.25) is 0 Å². The van der Waals surface area contributed by atoms with Gasteiger partial charge in [0.15, 0.2) is 0 Å². The van der Waals surface area contributed by atoms with Gasteiger partial charge in [0.1, 0.15) is 10.6 Å². The molecule has 0 aliphatic rings. The van der Waals surface area contributed by atoms with E-state index < -0.39 is 10.1 Å². The summed E-state index contributed by atoms with van der Waals surface area (Å²) in [7, 11) is -4.48. The molecule has 0 unspecified atom stereocenters. The summed E-state index contributed by atoms with van der Waals surface area (Å²) in [6.07, 6.45) is 0. The maximum Gasteiger partial charge on any atom is 1.00 e. The van der Waals surface area contributed by atoms with Crippen LogP contribution >= 0.6 is 11.3 Å². The van der Waals surface area contributed by atoms with Crippen LogP contribution in [0.5, 0.6) is 0 Å². The van der Waals surface area contributed by atoms with Gasteiger partial charge in [-0.1, -0.05) is 30.3 Å². The van der Waals surface area contributed by atoms with Crippen molar-refractivity contribution in [2.75, 3.05) is 11.1 Å². The van der Waals surface area contributed by atoms with E-state index >= 15 is 0 Å². The Labute approximate surface area is 211 Å². The van der Waals surface area contributed by atoms with Crippen LogP contribution < -0.4 is 40.6 Å². The summed E-state index contributed by atoms with van der Waals surface area (Å²) in [4.78, 5) is 12.4. The number of amides is 1. The number of fused-ring (bicyclic) bond motifs is 1. The van der Waals surface area contributed by atoms with E-state index in [-0.39, 0.29) is 53.2 Å². The van der Waals surface area contributed by atoms with Gasteiger partial charge in [0.25, 0.3) is 16.0 Å². The van der Waals surface area contributed by atoms with Gasteiger partial charge in [-0.05, 0) is 41.8 Å². The molecule has 3 aromatic carbocycles. The Morgan fingerprint density at radius 2 is 1.69 bits per heavy atom. The molecular formula is C21H17N4NaO4S2. The first-order valence-electron chi connectivity index (χ1n) is 8.98. The molecule has 0 bridgehead atoms. The van der Waals surface area contributed by atoms with Crippen molar-refractivity contribution in [3.8, 4) is 0 Å². The van der Waals surface area contributed by atoms with E-state index in [9.17, 15) is 17.8 Å². The number of hydrogen-bond donors (Lipinski definition) is 3. The van der Waals surface area contributed by atoms with Crippen molar-refractivity contribution in [1.82, 2.24) is 0 Å². The molecule has 32 heavy (non-hydrogen) atoms. The molecule has 0 spiro atoms. The first-order chi connectivity index (χ1) is 14.8. The summed E-state index contributed by atoms with van der Waals surface area (Å²) >= 11 is 1.35. The maximum absolute atomic E-state index is 12.1. The largest absolute Gasteiger partial charge is 1.00 e. The monoisotopic (exact) mass is 476 g/mol. The minimum absolute atomic E-state index is 0. The van der Waals surface area contributed by atoms with Crippen molar-refractivity contribution in [3.05, 3.63) is 77.0 Å². The number of nitrogens with one attached hydrogen (secondary N) is 1. The van der Waals surface area contributed by atoms with Crippen LogP contribution in [-0.4, -0.2) is 18.9 Å². The van der Waals surface area contributed by atoms with Crippen LogP contribution in [0, 0.1) is 0 Å². The Morgan fingerprint density at radius 1 is 1.00 bits per heavy atom. The second-order valence-electron chi connectivity index (χ2n) is 6.51. The number of thiophene rings is 1. The van der Waals surface area contributed by atoms with E-state index in [1.165, 1.54) is 17.4 Å². The van der Waals surface area contributed by atoms with Gasteiger partial charge in [0, 0.05) is 16.5 Å². The predicted octanol–water partition coefficient (Wildman–Crippen LogP) is 2.51. The molecule has 4 N–H and O–H groups in total. The van der Waals surface area contributed by atoms with Gasteiger partial charge >= 0.3 is 29.6 Å². The molecule has 11 heteroatoms.